The zero-order valence-corrected chi connectivity index (χ0v) is 15.2. The molecule has 1 N–H and O–H groups in total. The number of alkyl halides is 3. The van der Waals surface area contributed by atoms with Gasteiger partial charge in [0.25, 0.3) is 0 Å². The second-order valence-electron chi connectivity index (χ2n) is 8.68. The molecule has 3 rings (SSSR count). The highest BCUT2D eigenvalue weighted by Gasteiger charge is 2.46. The molecule has 2 fully saturated rings. The third kappa shape index (κ3) is 4.03. The van der Waals surface area contributed by atoms with Gasteiger partial charge in [-0.1, -0.05) is 45.0 Å². The largest absolute Gasteiger partial charge is 0.415 e. The lowest BCUT2D eigenvalue weighted by Gasteiger charge is -2.40. The maximum absolute atomic E-state index is 12.7. The Morgan fingerprint density at radius 3 is 2.00 bits per heavy atom. The molecule has 1 unspecified atom stereocenters. The van der Waals surface area contributed by atoms with Gasteiger partial charge in [-0.25, -0.2) is 0 Å². The molecule has 0 amide bonds. The molecular weight excluding hydrogens is 327 g/mol. The predicted molar refractivity (Wildman–Crippen MR) is 92.7 cm³/mol. The molecule has 0 radical (unpaired) electrons. The molecule has 0 saturated carbocycles. The molecule has 2 aliphatic heterocycles. The van der Waals surface area contributed by atoms with Crippen LogP contribution in [0.4, 0.5) is 13.2 Å². The Hall–Kier alpha value is -1.07. The summed E-state index contributed by atoms with van der Waals surface area (Å²) in [5.41, 5.74) is 2.71. The second-order valence-corrected chi connectivity index (χ2v) is 8.68. The van der Waals surface area contributed by atoms with Gasteiger partial charge in [-0.15, -0.1) is 0 Å². The van der Waals surface area contributed by atoms with E-state index in [1.165, 1.54) is 11.1 Å². The van der Waals surface area contributed by atoms with Gasteiger partial charge < -0.3 is 5.11 Å². The lowest BCUT2D eigenvalue weighted by Crippen LogP contribution is -2.49. The summed E-state index contributed by atoms with van der Waals surface area (Å²) >= 11 is 0. The summed E-state index contributed by atoms with van der Waals surface area (Å²) < 4.78 is 38.0. The van der Waals surface area contributed by atoms with Crippen molar-refractivity contribution in [2.45, 2.75) is 82.2 Å². The van der Waals surface area contributed by atoms with E-state index >= 15 is 0 Å². The normalized spacial score (nSPS) is 29.0. The van der Waals surface area contributed by atoms with Crippen molar-refractivity contribution in [2.75, 3.05) is 6.54 Å². The molecule has 25 heavy (non-hydrogen) atoms. The summed E-state index contributed by atoms with van der Waals surface area (Å²) in [4.78, 5) is 1.90. The number of benzene rings is 1. The van der Waals surface area contributed by atoms with Gasteiger partial charge in [0.1, 0.15) is 0 Å². The number of hydrogen-bond acceptors (Lipinski definition) is 2. The van der Waals surface area contributed by atoms with Gasteiger partial charge in [-0.2, -0.15) is 13.2 Å². The van der Waals surface area contributed by atoms with E-state index in [0.717, 1.165) is 25.7 Å². The highest BCUT2D eigenvalue weighted by Crippen LogP contribution is 2.43. The fourth-order valence-electron chi connectivity index (χ4n) is 4.40. The zero-order valence-electron chi connectivity index (χ0n) is 15.2. The fourth-order valence-corrected chi connectivity index (χ4v) is 4.40. The summed E-state index contributed by atoms with van der Waals surface area (Å²) in [6.45, 7) is 6.28. The van der Waals surface area contributed by atoms with Crippen LogP contribution in [-0.4, -0.2) is 40.9 Å². The highest BCUT2D eigenvalue weighted by atomic mass is 19.4. The van der Waals surface area contributed by atoms with Crippen LogP contribution in [0, 0.1) is 0 Å². The average molecular weight is 355 g/mol. The molecule has 140 valence electrons. The van der Waals surface area contributed by atoms with Crippen LogP contribution >= 0.6 is 0 Å². The van der Waals surface area contributed by atoms with Crippen LogP contribution in [-0.2, 0) is 5.41 Å². The van der Waals surface area contributed by atoms with Crippen molar-refractivity contribution in [3.8, 4) is 0 Å². The van der Waals surface area contributed by atoms with Crippen molar-refractivity contribution in [3.63, 3.8) is 0 Å². The minimum Gasteiger partial charge on any atom is -0.382 e. The van der Waals surface area contributed by atoms with Gasteiger partial charge in [0.15, 0.2) is 6.10 Å². The first kappa shape index (κ1) is 18.7. The predicted octanol–water partition coefficient (Wildman–Crippen LogP) is 4.62. The van der Waals surface area contributed by atoms with Crippen molar-refractivity contribution in [3.05, 3.63) is 35.4 Å². The van der Waals surface area contributed by atoms with Crippen LogP contribution in [0.2, 0.25) is 0 Å². The number of hydrogen-bond donors (Lipinski definition) is 1. The first-order valence-corrected chi connectivity index (χ1v) is 9.16. The van der Waals surface area contributed by atoms with E-state index in [2.05, 4.69) is 45.0 Å². The lowest BCUT2D eigenvalue weighted by molar-refractivity contribution is -0.210. The van der Waals surface area contributed by atoms with Crippen molar-refractivity contribution >= 4 is 0 Å². The number of aliphatic hydroxyl groups excluding tert-OH is 1. The second kappa shape index (κ2) is 6.58. The van der Waals surface area contributed by atoms with E-state index in [-0.39, 0.29) is 24.0 Å². The van der Waals surface area contributed by atoms with Gasteiger partial charge in [0.05, 0.1) is 0 Å². The van der Waals surface area contributed by atoms with Crippen molar-refractivity contribution in [1.29, 1.82) is 0 Å². The smallest absolute Gasteiger partial charge is 0.382 e. The van der Waals surface area contributed by atoms with Crippen LogP contribution in [0.1, 0.15) is 63.5 Å². The number of aliphatic hydroxyl groups is 1. The molecule has 2 saturated heterocycles. The first-order valence-electron chi connectivity index (χ1n) is 9.16. The Kier molecular flexibility index (Phi) is 4.93. The summed E-state index contributed by atoms with van der Waals surface area (Å²) in [6, 6.07) is 9.04. The Bertz CT molecular complexity index is 576. The monoisotopic (exact) mass is 355 g/mol. The van der Waals surface area contributed by atoms with E-state index in [9.17, 15) is 18.3 Å². The van der Waals surface area contributed by atoms with E-state index in [1.807, 2.05) is 4.90 Å². The Labute approximate surface area is 148 Å². The summed E-state index contributed by atoms with van der Waals surface area (Å²) in [7, 11) is 0. The zero-order chi connectivity index (χ0) is 18.4. The number of rotatable bonds is 3. The molecule has 0 aromatic heterocycles. The van der Waals surface area contributed by atoms with Gasteiger partial charge in [-0.05, 0) is 48.1 Å². The van der Waals surface area contributed by atoms with E-state index in [0.29, 0.717) is 5.92 Å². The first-order chi connectivity index (χ1) is 11.6. The standard InChI is InChI=1S/C20H28F3NO/c1-19(2,3)15-6-4-13(5-7-15)14-10-16-8-9-17(11-14)24(16)12-18(25)20(21,22)23/h4-7,14,16-18,25H,8-12H2,1-3H3/t14-,16+,17-,18?. The van der Waals surface area contributed by atoms with Crippen molar-refractivity contribution in [1.82, 2.24) is 4.90 Å². The minimum atomic E-state index is -4.53. The SMILES string of the molecule is CC(C)(C)c1ccc([C@H]2C[C@H]3CC[C@@H](C2)N3CC(O)C(F)(F)F)cc1. The molecule has 2 bridgehead atoms. The minimum absolute atomic E-state index is 0.120. The average Bonchev–Trinajstić information content (AvgIpc) is 2.75. The fraction of sp³-hybridized carbons (Fsp3) is 0.700. The topological polar surface area (TPSA) is 23.5 Å². The summed E-state index contributed by atoms with van der Waals surface area (Å²) in [5, 5.41) is 9.42. The third-order valence-electron chi connectivity index (χ3n) is 5.89. The Morgan fingerprint density at radius 2 is 1.56 bits per heavy atom. The molecule has 5 heteroatoms. The van der Waals surface area contributed by atoms with Crippen molar-refractivity contribution in [2.24, 2.45) is 0 Å². The lowest BCUT2D eigenvalue weighted by atomic mass is 9.82. The van der Waals surface area contributed by atoms with E-state index in [1.54, 1.807) is 0 Å². The van der Waals surface area contributed by atoms with Gasteiger partial charge in [0, 0.05) is 18.6 Å². The molecule has 2 heterocycles. The van der Waals surface area contributed by atoms with Crippen molar-refractivity contribution < 1.29 is 18.3 Å². The highest BCUT2D eigenvalue weighted by molar-refractivity contribution is 5.30. The number of halogens is 3. The molecule has 0 aliphatic carbocycles. The number of nitrogens with zero attached hydrogens (tertiary/aromatic N) is 1. The van der Waals surface area contributed by atoms with Gasteiger partial charge in [0.2, 0.25) is 0 Å². The van der Waals surface area contributed by atoms with Gasteiger partial charge >= 0.3 is 6.18 Å². The van der Waals surface area contributed by atoms with Crippen LogP contribution < -0.4 is 0 Å². The Morgan fingerprint density at radius 1 is 1.04 bits per heavy atom. The van der Waals surface area contributed by atoms with Gasteiger partial charge in [-0.3, -0.25) is 4.90 Å². The van der Waals surface area contributed by atoms with E-state index < -0.39 is 12.3 Å². The summed E-state index contributed by atoms with van der Waals surface area (Å²) in [5.74, 6) is 0.408. The number of fused-ring (bicyclic) bond motifs is 2. The van der Waals surface area contributed by atoms with Crippen LogP contribution in [0.3, 0.4) is 0 Å². The molecule has 0 spiro atoms. The number of piperidine rings is 1. The van der Waals surface area contributed by atoms with Crippen LogP contribution in [0.5, 0.6) is 0 Å². The third-order valence-corrected chi connectivity index (χ3v) is 5.89. The maximum Gasteiger partial charge on any atom is 0.415 e. The van der Waals surface area contributed by atoms with Crippen LogP contribution in [0.15, 0.2) is 24.3 Å². The van der Waals surface area contributed by atoms with E-state index in [4.69, 9.17) is 0 Å². The molecule has 2 aliphatic rings. The molecule has 2 nitrogen and oxygen atoms in total. The maximum atomic E-state index is 12.7. The van der Waals surface area contributed by atoms with Crippen LogP contribution in [0.25, 0.3) is 0 Å². The molecule has 4 atom stereocenters. The Balaban J connectivity index is 1.67. The quantitative estimate of drug-likeness (QED) is 0.855. The molecular formula is C20H28F3NO. The molecule has 1 aromatic carbocycles. The molecule has 1 aromatic rings. The summed E-state index contributed by atoms with van der Waals surface area (Å²) in [6.07, 6.45) is -3.12.